The number of aromatic amines is 1. The van der Waals surface area contributed by atoms with Crippen LogP contribution < -0.4 is 10.5 Å². The van der Waals surface area contributed by atoms with Gasteiger partial charge in [-0.25, -0.2) is 23.5 Å². The van der Waals surface area contributed by atoms with E-state index in [4.69, 9.17) is 5.14 Å². The topological polar surface area (TPSA) is 127 Å². The van der Waals surface area contributed by atoms with Crippen molar-refractivity contribution in [2.75, 3.05) is 5.32 Å². The zero-order valence-electron chi connectivity index (χ0n) is 19.3. The van der Waals surface area contributed by atoms with E-state index in [0.717, 1.165) is 0 Å². The Labute approximate surface area is 190 Å². The summed E-state index contributed by atoms with van der Waals surface area (Å²) in [5, 5.41) is 8.27. The van der Waals surface area contributed by atoms with Gasteiger partial charge in [0.15, 0.2) is 5.65 Å². The molecule has 0 spiro atoms. The van der Waals surface area contributed by atoms with Crippen LogP contribution in [0.4, 0.5) is 11.6 Å². The summed E-state index contributed by atoms with van der Waals surface area (Å²) in [5.41, 5.74) is 7.63. The van der Waals surface area contributed by atoms with E-state index >= 15 is 0 Å². The minimum atomic E-state index is -3.75. The number of fused-ring (bicyclic) bond motifs is 1. The van der Waals surface area contributed by atoms with Crippen LogP contribution in [-0.4, -0.2) is 36.4 Å². The molecular formula is C22H30N6O2SSi. The molecule has 0 aliphatic rings. The minimum absolute atomic E-state index is 0.0376. The lowest BCUT2D eigenvalue weighted by atomic mass is 10.3. The van der Waals surface area contributed by atoms with Gasteiger partial charge >= 0.3 is 0 Å². The van der Waals surface area contributed by atoms with Crippen molar-refractivity contribution in [3.8, 4) is 11.5 Å². The van der Waals surface area contributed by atoms with Crippen molar-refractivity contribution in [1.82, 2.24) is 19.9 Å². The quantitative estimate of drug-likeness (QED) is 0.364. The van der Waals surface area contributed by atoms with Gasteiger partial charge in [0, 0.05) is 5.69 Å². The lowest BCUT2D eigenvalue weighted by Gasteiger charge is -2.38. The van der Waals surface area contributed by atoms with Gasteiger partial charge in [-0.3, -0.25) is 0 Å². The number of sulfonamides is 1. The van der Waals surface area contributed by atoms with E-state index in [1.807, 2.05) is 0 Å². The normalized spacial score (nSPS) is 12.4. The fourth-order valence-corrected chi connectivity index (χ4v) is 10.2. The molecule has 3 rings (SSSR count). The first kappa shape index (κ1) is 23.9. The summed E-state index contributed by atoms with van der Waals surface area (Å²) >= 11 is 0. The zero-order valence-corrected chi connectivity index (χ0v) is 21.1. The van der Waals surface area contributed by atoms with Gasteiger partial charge in [-0.1, -0.05) is 47.5 Å². The molecule has 0 fully saturated rings. The van der Waals surface area contributed by atoms with Crippen LogP contribution in [0.2, 0.25) is 16.6 Å². The Kier molecular flexibility index (Phi) is 6.74. The summed E-state index contributed by atoms with van der Waals surface area (Å²) in [6.07, 6.45) is 1.58. The van der Waals surface area contributed by atoms with Crippen molar-refractivity contribution < 1.29 is 8.42 Å². The highest BCUT2D eigenvalue weighted by molar-refractivity contribution is 7.89. The average molecular weight is 471 g/mol. The number of rotatable bonds is 6. The van der Waals surface area contributed by atoms with Gasteiger partial charge in [-0.15, -0.1) is 5.54 Å². The summed E-state index contributed by atoms with van der Waals surface area (Å²) in [5.74, 6) is 3.70. The molecule has 2 aromatic heterocycles. The molecule has 0 amide bonds. The van der Waals surface area contributed by atoms with Crippen LogP contribution in [-0.2, 0) is 10.0 Å². The molecule has 170 valence electrons. The van der Waals surface area contributed by atoms with E-state index in [1.54, 1.807) is 18.5 Å². The second-order valence-electron chi connectivity index (χ2n) is 8.84. The van der Waals surface area contributed by atoms with Crippen LogP contribution in [0, 0.1) is 11.5 Å². The van der Waals surface area contributed by atoms with Crippen LogP contribution in [0.1, 0.15) is 47.2 Å². The van der Waals surface area contributed by atoms with E-state index in [9.17, 15) is 8.42 Å². The summed E-state index contributed by atoms with van der Waals surface area (Å²) in [7, 11) is -5.69. The first-order valence-corrected chi connectivity index (χ1v) is 14.4. The van der Waals surface area contributed by atoms with Crippen molar-refractivity contribution >= 4 is 40.9 Å². The SMILES string of the molecule is CC(C)[Si](C#Cc1nc(Nc2ccc(S(N)(=O)=O)cc2)nc2nc[nH]c12)(C(C)C)C(C)C. The van der Waals surface area contributed by atoms with Crippen molar-refractivity contribution in [1.29, 1.82) is 0 Å². The highest BCUT2D eigenvalue weighted by atomic mass is 32.2. The van der Waals surface area contributed by atoms with Crippen LogP contribution in [0.3, 0.4) is 0 Å². The largest absolute Gasteiger partial charge is 0.341 e. The number of hydrogen-bond acceptors (Lipinski definition) is 6. The number of primary sulfonamides is 1. The van der Waals surface area contributed by atoms with Crippen molar-refractivity contribution in [2.45, 2.75) is 63.1 Å². The highest BCUT2D eigenvalue weighted by Gasteiger charge is 2.41. The van der Waals surface area contributed by atoms with E-state index in [-0.39, 0.29) is 4.90 Å². The van der Waals surface area contributed by atoms with Crippen LogP contribution in [0.15, 0.2) is 35.5 Å². The predicted octanol–water partition coefficient (Wildman–Crippen LogP) is 4.31. The molecule has 0 aliphatic carbocycles. The number of anilines is 2. The molecule has 32 heavy (non-hydrogen) atoms. The van der Waals surface area contributed by atoms with Gasteiger partial charge in [-0.05, 0) is 40.9 Å². The van der Waals surface area contributed by atoms with Crippen molar-refractivity contribution in [2.24, 2.45) is 5.14 Å². The molecule has 0 saturated heterocycles. The molecule has 0 bridgehead atoms. The third-order valence-electron chi connectivity index (χ3n) is 5.99. The first-order valence-electron chi connectivity index (χ1n) is 10.6. The van der Waals surface area contributed by atoms with E-state index in [1.165, 1.54) is 12.1 Å². The summed E-state index contributed by atoms with van der Waals surface area (Å²) in [6.45, 7) is 13.6. The lowest BCUT2D eigenvalue weighted by molar-refractivity contribution is 0.598. The summed E-state index contributed by atoms with van der Waals surface area (Å²) in [6, 6.07) is 6.08. The molecule has 0 unspecified atom stereocenters. The molecular weight excluding hydrogens is 440 g/mol. The number of H-pyrrole nitrogens is 1. The fourth-order valence-electron chi connectivity index (χ4n) is 4.44. The molecule has 8 nitrogen and oxygen atoms in total. The molecule has 0 saturated carbocycles. The Morgan fingerprint density at radius 3 is 2.12 bits per heavy atom. The molecule has 4 N–H and O–H groups in total. The standard InChI is InChI=1S/C22H30N6O2SSi/c1-14(2)32(15(3)4,16(5)6)12-11-19-20-21(25-13-24-20)28-22(27-19)26-17-7-9-18(10-8-17)31(23,29)30/h7-10,13-16H,1-6H3,(H2,23,29,30)(H2,24,25,26,27,28). The summed E-state index contributed by atoms with van der Waals surface area (Å²) < 4.78 is 22.9. The van der Waals surface area contributed by atoms with Gasteiger partial charge in [-0.2, -0.15) is 4.98 Å². The number of hydrogen-bond donors (Lipinski definition) is 3. The van der Waals surface area contributed by atoms with Crippen molar-refractivity contribution in [3.63, 3.8) is 0 Å². The van der Waals surface area contributed by atoms with E-state index in [2.05, 4.69) is 78.3 Å². The van der Waals surface area contributed by atoms with Crippen LogP contribution >= 0.6 is 0 Å². The molecule has 0 aliphatic heterocycles. The first-order chi connectivity index (χ1) is 14.9. The Bertz CT molecular complexity index is 1250. The minimum Gasteiger partial charge on any atom is -0.341 e. The summed E-state index contributed by atoms with van der Waals surface area (Å²) in [4.78, 5) is 16.5. The van der Waals surface area contributed by atoms with Gasteiger partial charge in [0.05, 0.1) is 11.2 Å². The molecule has 3 aromatic rings. The number of aromatic nitrogens is 4. The zero-order chi connectivity index (χ0) is 23.7. The smallest absolute Gasteiger partial charge is 0.238 e. The van der Waals surface area contributed by atoms with Gasteiger partial charge in [0.1, 0.15) is 19.3 Å². The number of nitrogens with two attached hydrogens (primary N) is 1. The third-order valence-corrected chi connectivity index (χ3v) is 13.2. The average Bonchev–Trinajstić information content (AvgIpc) is 3.16. The van der Waals surface area contributed by atoms with Gasteiger partial charge in [0.25, 0.3) is 0 Å². The Balaban J connectivity index is 2.03. The van der Waals surface area contributed by atoms with E-state index < -0.39 is 18.1 Å². The molecule has 0 radical (unpaired) electrons. The maximum Gasteiger partial charge on any atom is 0.238 e. The van der Waals surface area contributed by atoms with Crippen LogP contribution in [0.5, 0.6) is 0 Å². The number of imidazole rings is 1. The number of nitrogens with zero attached hydrogens (tertiary/aromatic N) is 3. The highest BCUT2D eigenvalue weighted by Crippen LogP contribution is 2.40. The number of benzene rings is 1. The predicted molar refractivity (Wildman–Crippen MR) is 131 cm³/mol. The third kappa shape index (κ3) is 4.70. The van der Waals surface area contributed by atoms with Gasteiger partial charge in [0.2, 0.25) is 16.0 Å². The Morgan fingerprint density at radius 1 is 1.00 bits per heavy atom. The maximum absolute atomic E-state index is 11.5. The maximum atomic E-state index is 11.5. The lowest BCUT2D eigenvalue weighted by Crippen LogP contribution is -2.43. The van der Waals surface area contributed by atoms with Gasteiger partial charge < -0.3 is 10.3 Å². The number of nitrogens with one attached hydrogen (secondary N) is 2. The Hall–Kier alpha value is -2.74. The van der Waals surface area contributed by atoms with E-state index in [0.29, 0.717) is 45.1 Å². The fraction of sp³-hybridized carbons (Fsp3) is 0.409. The Morgan fingerprint density at radius 2 is 1.59 bits per heavy atom. The second kappa shape index (κ2) is 9.01. The molecule has 1 aromatic carbocycles. The monoisotopic (exact) mass is 470 g/mol. The molecule has 0 atom stereocenters. The van der Waals surface area contributed by atoms with Crippen molar-refractivity contribution in [3.05, 3.63) is 36.3 Å². The molecule has 10 heteroatoms. The molecule has 2 heterocycles. The second-order valence-corrected chi connectivity index (χ2v) is 16.0. The van der Waals surface area contributed by atoms with Crippen LogP contribution in [0.25, 0.3) is 11.2 Å².